The largest absolute Gasteiger partial charge is 0.379 e. The van der Waals surface area contributed by atoms with Gasteiger partial charge in [-0.25, -0.2) is 4.68 Å². The summed E-state index contributed by atoms with van der Waals surface area (Å²) in [4.78, 5) is 0.109. The first-order valence-electron chi connectivity index (χ1n) is 6.62. The normalized spacial score (nSPS) is 11.7. The topological polar surface area (TPSA) is 86.4 Å². The Balaban J connectivity index is 1.73. The Morgan fingerprint density at radius 1 is 0.957 bits per heavy atom. The number of nitrogens with zero attached hydrogens (tertiary/aromatic N) is 4. The van der Waals surface area contributed by atoms with Crippen LogP contribution in [0.5, 0.6) is 5.75 Å². The predicted octanol–water partition coefficient (Wildman–Crippen LogP) is 1.93. The summed E-state index contributed by atoms with van der Waals surface area (Å²) in [6.07, 6.45) is 4.51. The van der Waals surface area contributed by atoms with E-state index in [1.54, 1.807) is 48.7 Å². The zero-order valence-electron chi connectivity index (χ0n) is 11.9. The van der Waals surface area contributed by atoms with Crippen molar-refractivity contribution in [2.75, 3.05) is 0 Å². The molecule has 3 rings (SSSR count). The lowest BCUT2D eigenvalue weighted by Crippen LogP contribution is -2.09. The Morgan fingerprint density at radius 2 is 1.61 bits per heavy atom. The second-order valence-corrected chi connectivity index (χ2v) is 6.05. The standard InChI is InChI=1S/C15H12N4O3S/c20-23(21,15-4-2-1-3-5-15)22-14-8-6-13(7-9-14)10-18-19-11-16-17-12-19/h1-12H. The molecule has 0 aliphatic rings. The third-order valence-corrected chi connectivity index (χ3v) is 4.13. The van der Waals surface area contributed by atoms with Gasteiger partial charge in [0.15, 0.2) is 0 Å². The first kappa shape index (κ1) is 14.9. The van der Waals surface area contributed by atoms with E-state index in [-0.39, 0.29) is 10.6 Å². The summed E-state index contributed by atoms with van der Waals surface area (Å²) in [5, 5.41) is 11.4. The van der Waals surface area contributed by atoms with E-state index in [9.17, 15) is 8.42 Å². The van der Waals surface area contributed by atoms with Gasteiger partial charge >= 0.3 is 10.1 Å². The molecule has 0 saturated carbocycles. The van der Waals surface area contributed by atoms with Gasteiger partial charge in [0.05, 0.1) is 6.21 Å². The fourth-order valence-electron chi connectivity index (χ4n) is 1.76. The fourth-order valence-corrected chi connectivity index (χ4v) is 2.71. The Bertz CT molecular complexity index is 890. The van der Waals surface area contributed by atoms with E-state index in [4.69, 9.17) is 4.18 Å². The van der Waals surface area contributed by atoms with Crippen molar-refractivity contribution in [1.29, 1.82) is 0 Å². The Hall–Kier alpha value is -3.00. The van der Waals surface area contributed by atoms with Crippen molar-refractivity contribution < 1.29 is 12.6 Å². The minimum absolute atomic E-state index is 0.109. The molecular weight excluding hydrogens is 316 g/mol. The Kier molecular flexibility index (Phi) is 4.15. The van der Waals surface area contributed by atoms with Crippen LogP contribution in [0.15, 0.2) is 77.2 Å². The highest BCUT2D eigenvalue weighted by molar-refractivity contribution is 7.87. The first-order valence-corrected chi connectivity index (χ1v) is 8.03. The fraction of sp³-hybridized carbons (Fsp3) is 0. The SMILES string of the molecule is O=S(=O)(Oc1ccc(C=Nn2cnnc2)cc1)c1ccccc1. The molecule has 0 atom stereocenters. The van der Waals surface area contributed by atoms with Crippen molar-refractivity contribution in [2.45, 2.75) is 4.90 Å². The maximum atomic E-state index is 12.1. The summed E-state index contributed by atoms with van der Waals surface area (Å²) < 4.78 is 30.7. The van der Waals surface area contributed by atoms with E-state index in [0.29, 0.717) is 0 Å². The van der Waals surface area contributed by atoms with Gasteiger partial charge in [0.1, 0.15) is 23.3 Å². The minimum atomic E-state index is -3.83. The summed E-state index contributed by atoms with van der Waals surface area (Å²) in [5.41, 5.74) is 0.781. The average molecular weight is 328 g/mol. The summed E-state index contributed by atoms with van der Waals surface area (Å²) >= 11 is 0. The molecule has 3 aromatic rings. The summed E-state index contributed by atoms with van der Waals surface area (Å²) in [6.45, 7) is 0. The lowest BCUT2D eigenvalue weighted by molar-refractivity contribution is 0.486. The smallest absolute Gasteiger partial charge is 0.339 e. The number of hydrogen-bond acceptors (Lipinski definition) is 6. The molecule has 0 spiro atoms. The molecule has 1 heterocycles. The van der Waals surface area contributed by atoms with Crippen LogP contribution in [0.3, 0.4) is 0 Å². The highest BCUT2D eigenvalue weighted by atomic mass is 32.2. The quantitative estimate of drug-likeness (QED) is 0.527. The number of rotatable bonds is 5. The van der Waals surface area contributed by atoms with Crippen molar-refractivity contribution in [3.05, 3.63) is 72.8 Å². The van der Waals surface area contributed by atoms with Crippen LogP contribution in [0.25, 0.3) is 0 Å². The molecule has 7 nitrogen and oxygen atoms in total. The minimum Gasteiger partial charge on any atom is -0.379 e. The van der Waals surface area contributed by atoms with Gasteiger partial charge in [0, 0.05) is 0 Å². The highest BCUT2D eigenvalue weighted by Crippen LogP contribution is 2.18. The molecule has 0 aliphatic carbocycles. The molecule has 0 aliphatic heterocycles. The third kappa shape index (κ3) is 3.80. The lowest BCUT2D eigenvalue weighted by Gasteiger charge is -2.06. The molecular formula is C15H12N4O3S. The Morgan fingerprint density at radius 3 is 2.26 bits per heavy atom. The van der Waals surface area contributed by atoms with Crippen molar-refractivity contribution in [3.8, 4) is 5.75 Å². The van der Waals surface area contributed by atoms with Gasteiger partial charge in [-0.05, 0) is 42.0 Å². The van der Waals surface area contributed by atoms with E-state index in [1.165, 1.54) is 29.5 Å². The van der Waals surface area contributed by atoms with Crippen LogP contribution < -0.4 is 4.18 Å². The predicted molar refractivity (Wildman–Crippen MR) is 83.7 cm³/mol. The second kappa shape index (κ2) is 6.41. The van der Waals surface area contributed by atoms with Crippen molar-refractivity contribution in [1.82, 2.24) is 14.9 Å². The molecule has 116 valence electrons. The Labute approximate surface area is 133 Å². The van der Waals surface area contributed by atoms with E-state index in [0.717, 1.165) is 5.56 Å². The molecule has 8 heteroatoms. The van der Waals surface area contributed by atoms with Crippen LogP contribution in [0.1, 0.15) is 5.56 Å². The van der Waals surface area contributed by atoms with Gasteiger partial charge in [-0.1, -0.05) is 18.2 Å². The van der Waals surface area contributed by atoms with Crippen LogP contribution in [-0.4, -0.2) is 29.5 Å². The molecule has 0 amide bonds. The molecule has 1 aromatic heterocycles. The van der Waals surface area contributed by atoms with Gasteiger partial charge < -0.3 is 4.18 Å². The molecule has 2 aromatic carbocycles. The first-order chi connectivity index (χ1) is 11.1. The number of aromatic nitrogens is 3. The van der Waals surface area contributed by atoms with Gasteiger partial charge in [-0.15, -0.1) is 10.2 Å². The van der Waals surface area contributed by atoms with Gasteiger partial charge in [-0.3, -0.25) is 0 Å². The van der Waals surface area contributed by atoms with Crippen LogP contribution in [0, 0.1) is 0 Å². The van der Waals surface area contributed by atoms with Crippen molar-refractivity contribution in [2.24, 2.45) is 5.10 Å². The van der Waals surface area contributed by atoms with E-state index in [1.807, 2.05) is 0 Å². The van der Waals surface area contributed by atoms with Crippen LogP contribution >= 0.6 is 0 Å². The zero-order chi connectivity index (χ0) is 16.1. The van der Waals surface area contributed by atoms with E-state index >= 15 is 0 Å². The molecule has 0 saturated heterocycles. The van der Waals surface area contributed by atoms with E-state index < -0.39 is 10.1 Å². The molecule has 0 bridgehead atoms. The lowest BCUT2D eigenvalue weighted by atomic mass is 10.2. The molecule has 0 N–H and O–H groups in total. The second-order valence-electron chi connectivity index (χ2n) is 4.51. The summed E-state index contributed by atoms with van der Waals surface area (Å²) in [6, 6.07) is 14.5. The summed E-state index contributed by atoms with van der Waals surface area (Å²) in [5.74, 6) is 0.232. The monoisotopic (exact) mass is 328 g/mol. The van der Waals surface area contributed by atoms with Crippen LogP contribution in [0.2, 0.25) is 0 Å². The van der Waals surface area contributed by atoms with Crippen LogP contribution in [0.4, 0.5) is 0 Å². The van der Waals surface area contributed by atoms with Crippen molar-refractivity contribution in [3.63, 3.8) is 0 Å². The zero-order valence-corrected chi connectivity index (χ0v) is 12.7. The number of hydrogen-bond donors (Lipinski definition) is 0. The summed E-state index contributed by atoms with van der Waals surface area (Å²) in [7, 11) is -3.83. The molecule has 0 radical (unpaired) electrons. The van der Waals surface area contributed by atoms with Crippen LogP contribution in [-0.2, 0) is 10.1 Å². The van der Waals surface area contributed by atoms with Gasteiger partial charge in [0.2, 0.25) is 0 Å². The average Bonchev–Trinajstić information content (AvgIpc) is 3.08. The van der Waals surface area contributed by atoms with Gasteiger partial charge in [0.25, 0.3) is 0 Å². The maximum Gasteiger partial charge on any atom is 0.339 e. The molecule has 0 fully saturated rings. The molecule has 0 unspecified atom stereocenters. The highest BCUT2D eigenvalue weighted by Gasteiger charge is 2.15. The van der Waals surface area contributed by atoms with Gasteiger partial charge in [-0.2, -0.15) is 13.5 Å². The van der Waals surface area contributed by atoms with Crippen molar-refractivity contribution >= 4 is 16.3 Å². The number of benzene rings is 2. The molecule has 23 heavy (non-hydrogen) atoms. The maximum absolute atomic E-state index is 12.1. The van der Waals surface area contributed by atoms with E-state index in [2.05, 4.69) is 15.3 Å². The third-order valence-electron chi connectivity index (χ3n) is 2.86.